The average Bonchev–Trinajstić information content (AvgIpc) is 2.16. The second kappa shape index (κ2) is 5.27. The molecule has 2 nitrogen and oxygen atoms in total. The lowest BCUT2D eigenvalue weighted by Crippen LogP contribution is -2.02. The Balaban J connectivity index is 2.79. The van der Waals surface area contributed by atoms with Crippen LogP contribution in [0.2, 0.25) is 5.02 Å². The van der Waals surface area contributed by atoms with E-state index in [0.29, 0.717) is 5.02 Å². The normalized spacial score (nSPS) is 13.7. The van der Waals surface area contributed by atoms with Gasteiger partial charge < -0.3 is 0 Å². The van der Waals surface area contributed by atoms with Crippen molar-refractivity contribution < 1.29 is 4.21 Å². The Kier molecular flexibility index (Phi) is 4.29. The van der Waals surface area contributed by atoms with Gasteiger partial charge in [0, 0.05) is 16.8 Å². The summed E-state index contributed by atoms with van der Waals surface area (Å²) in [4.78, 5) is 0. The lowest BCUT2D eigenvalue weighted by molar-refractivity contribution is 0.678. The zero-order valence-corrected chi connectivity index (χ0v) is 9.68. The number of hydrogen-bond acceptors (Lipinski definition) is 1. The van der Waals surface area contributed by atoms with Gasteiger partial charge in [0.2, 0.25) is 0 Å². The number of rotatable bonds is 3. The molecule has 0 aromatic heterocycles. The number of hydrogen-bond donors (Lipinski definition) is 0. The average molecular weight is 230 g/mol. The van der Waals surface area contributed by atoms with Crippen molar-refractivity contribution in [3.63, 3.8) is 0 Å². The van der Waals surface area contributed by atoms with Gasteiger partial charge in [-0.25, -0.2) is 4.21 Å². The van der Waals surface area contributed by atoms with Gasteiger partial charge in [-0.3, -0.25) is 0 Å². The van der Waals surface area contributed by atoms with Crippen molar-refractivity contribution in [1.29, 1.82) is 0 Å². The lowest BCUT2D eigenvalue weighted by atomic mass is 10.2. The van der Waals surface area contributed by atoms with E-state index >= 15 is 0 Å². The van der Waals surface area contributed by atoms with Crippen molar-refractivity contribution in [1.82, 2.24) is 0 Å². The molecule has 0 aliphatic rings. The first-order valence-corrected chi connectivity index (χ1v) is 5.85. The van der Waals surface area contributed by atoms with E-state index in [0.717, 1.165) is 5.56 Å². The van der Waals surface area contributed by atoms with Gasteiger partial charge in [-0.15, -0.1) is 0 Å². The molecule has 1 rings (SSSR count). The minimum atomic E-state index is -1.17. The van der Waals surface area contributed by atoms with Gasteiger partial charge in [0.1, 0.15) is 11.0 Å². The summed E-state index contributed by atoms with van der Waals surface area (Å²) in [6, 6.07) is 7.33. The molecule has 1 unspecified atom stereocenters. The third-order valence-corrected chi connectivity index (χ3v) is 3.07. The van der Waals surface area contributed by atoms with Crippen molar-refractivity contribution in [2.45, 2.75) is 19.1 Å². The summed E-state index contributed by atoms with van der Waals surface area (Å²) in [5.74, 6) is 0. The molecule has 0 aliphatic heterocycles. The molecule has 0 saturated heterocycles. The molecule has 0 fully saturated rings. The van der Waals surface area contributed by atoms with Crippen molar-refractivity contribution in [3.8, 4) is 0 Å². The first-order chi connectivity index (χ1) is 6.61. The van der Waals surface area contributed by atoms with Gasteiger partial charge in [-0.1, -0.05) is 29.8 Å². The molecule has 1 atom stereocenters. The quantitative estimate of drug-likeness (QED) is 0.733. The van der Waals surface area contributed by atoms with Crippen LogP contribution in [0.5, 0.6) is 0 Å². The van der Waals surface area contributed by atoms with Crippen molar-refractivity contribution in [2.75, 3.05) is 0 Å². The molecule has 0 N–H and O–H groups in total. The van der Waals surface area contributed by atoms with Crippen molar-refractivity contribution >= 4 is 28.8 Å². The fourth-order valence-electron chi connectivity index (χ4n) is 0.810. The second-order valence-electron chi connectivity index (χ2n) is 3.08. The minimum Gasteiger partial charge on any atom is -0.235 e. The monoisotopic (exact) mass is 229 g/mol. The van der Waals surface area contributed by atoms with Crippen LogP contribution in [-0.2, 0) is 11.0 Å². The molecule has 1 aromatic carbocycles. The molecule has 0 heterocycles. The summed E-state index contributed by atoms with van der Waals surface area (Å²) in [7, 11) is -1.17. The topological polar surface area (TPSA) is 29.4 Å². The Morgan fingerprint density at radius 1 is 1.43 bits per heavy atom. The van der Waals surface area contributed by atoms with Gasteiger partial charge in [0.15, 0.2) is 0 Å². The van der Waals surface area contributed by atoms with Crippen molar-refractivity contribution in [3.05, 3.63) is 34.9 Å². The summed E-state index contributed by atoms with van der Waals surface area (Å²) < 4.78 is 15.2. The van der Waals surface area contributed by atoms with Crippen LogP contribution in [0, 0.1) is 0 Å². The van der Waals surface area contributed by atoms with Gasteiger partial charge in [-0.05, 0) is 19.9 Å². The van der Waals surface area contributed by atoms with Crippen LogP contribution in [0.4, 0.5) is 0 Å². The van der Waals surface area contributed by atoms with Gasteiger partial charge in [-0.2, -0.15) is 4.40 Å². The Bertz CT molecular complexity index is 363. The van der Waals surface area contributed by atoms with Crippen LogP contribution in [-0.4, -0.2) is 15.7 Å². The van der Waals surface area contributed by atoms with Crippen LogP contribution in [0.1, 0.15) is 19.4 Å². The van der Waals surface area contributed by atoms with E-state index in [4.69, 9.17) is 11.6 Å². The summed E-state index contributed by atoms with van der Waals surface area (Å²) in [6.45, 7) is 3.72. The largest absolute Gasteiger partial charge is 0.235 e. The standard InChI is InChI=1S/C10H12ClNOS/c1-8(2)14(13)12-7-9-5-3-4-6-10(9)11/h3-8H,1-2H3. The number of halogens is 1. The summed E-state index contributed by atoms with van der Waals surface area (Å²) in [5.41, 5.74) is 0.795. The zero-order valence-electron chi connectivity index (χ0n) is 8.11. The van der Waals surface area contributed by atoms with E-state index in [9.17, 15) is 4.21 Å². The molecule has 0 bridgehead atoms. The predicted octanol–water partition coefficient (Wildman–Crippen LogP) is 2.83. The number of benzene rings is 1. The van der Waals surface area contributed by atoms with Crippen LogP contribution >= 0.6 is 11.6 Å². The SMILES string of the molecule is CC(C)S(=O)N=Cc1ccccc1Cl. The molecular weight excluding hydrogens is 218 g/mol. The maximum absolute atomic E-state index is 11.3. The molecule has 1 aromatic rings. The molecule has 0 amide bonds. The maximum Gasteiger partial charge on any atom is 0.141 e. The fourth-order valence-corrected chi connectivity index (χ4v) is 1.46. The smallest absolute Gasteiger partial charge is 0.141 e. The highest BCUT2D eigenvalue weighted by atomic mass is 35.5. The third-order valence-electron chi connectivity index (χ3n) is 1.60. The Labute approximate surface area is 91.6 Å². The highest BCUT2D eigenvalue weighted by molar-refractivity contribution is 7.84. The fraction of sp³-hybridized carbons (Fsp3) is 0.300. The zero-order chi connectivity index (χ0) is 10.6. The molecule has 14 heavy (non-hydrogen) atoms. The van der Waals surface area contributed by atoms with E-state index in [1.54, 1.807) is 12.3 Å². The summed E-state index contributed by atoms with van der Waals surface area (Å²) in [5, 5.41) is 0.658. The summed E-state index contributed by atoms with van der Waals surface area (Å²) >= 11 is 5.90. The van der Waals surface area contributed by atoms with E-state index in [-0.39, 0.29) is 5.25 Å². The minimum absolute atomic E-state index is 0.0359. The van der Waals surface area contributed by atoms with E-state index < -0.39 is 11.0 Å². The molecule has 0 saturated carbocycles. The van der Waals surface area contributed by atoms with Crippen LogP contribution < -0.4 is 0 Å². The van der Waals surface area contributed by atoms with Crippen LogP contribution in [0.15, 0.2) is 28.7 Å². The van der Waals surface area contributed by atoms with Crippen molar-refractivity contribution in [2.24, 2.45) is 4.40 Å². The molecule has 76 valence electrons. The van der Waals surface area contributed by atoms with Crippen LogP contribution in [0.3, 0.4) is 0 Å². The Morgan fingerprint density at radius 2 is 2.07 bits per heavy atom. The second-order valence-corrected chi connectivity index (χ2v) is 5.19. The Morgan fingerprint density at radius 3 is 2.64 bits per heavy atom. The molecule has 0 aliphatic carbocycles. The van der Waals surface area contributed by atoms with Gasteiger partial charge in [0.25, 0.3) is 0 Å². The van der Waals surface area contributed by atoms with E-state index in [1.807, 2.05) is 32.0 Å². The molecule has 0 radical (unpaired) electrons. The molecule has 4 heteroatoms. The summed E-state index contributed by atoms with van der Waals surface area (Å²) in [6.07, 6.45) is 1.55. The predicted molar refractivity (Wildman–Crippen MR) is 62.3 cm³/mol. The van der Waals surface area contributed by atoms with Gasteiger partial charge >= 0.3 is 0 Å². The first-order valence-electron chi connectivity index (χ1n) is 4.30. The highest BCUT2D eigenvalue weighted by Crippen LogP contribution is 2.12. The lowest BCUT2D eigenvalue weighted by Gasteiger charge is -1.98. The van der Waals surface area contributed by atoms with E-state index in [2.05, 4.69) is 4.40 Å². The van der Waals surface area contributed by atoms with Gasteiger partial charge in [0.05, 0.1) is 5.25 Å². The first kappa shape index (κ1) is 11.4. The van der Waals surface area contributed by atoms with E-state index in [1.165, 1.54) is 0 Å². The van der Waals surface area contributed by atoms with Crippen LogP contribution in [0.25, 0.3) is 0 Å². The molecular formula is C10H12ClNOS. The maximum atomic E-state index is 11.3. The molecule has 0 spiro atoms. The number of nitrogens with zero attached hydrogens (tertiary/aromatic N) is 1. The Hall–Kier alpha value is -0.670. The highest BCUT2D eigenvalue weighted by Gasteiger charge is 2.01. The third kappa shape index (κ3) is 3.24.